The molecule has 1 N–H and O–H groups in total. The molecule has 1 heterocycles. The summed E-state index contributed by atoms with van der Waals surface area (Å²) in [6, 6.07) is 6.93. The Labute approximate surface area is 123 Å². The van der Waals surface area contributed by atoms with Gasteiger partial charge in [-0.15, -0.1) is 11.3 Å². The molecule has 1 unspecified atom stereocenters. The minimum absolute atomic E-state index is 0.0191. The van der Waals surface area contributed by atoms with E-state index in [0.29, 0.717) is 0 Å². The third-order valence-electron chi connectivity index (χ3n) is 2.80. The van der Waals surface area contributed by atoms with Crippen LogP contribution in [0.15, 0.2) is 28.1 Å². The van der Waals surface area contributed by atoms with E-state index in [1.807, 2.05) is 7.05 Å². The van der Waals surface area contributed by atoms with Crippen molar-refractivity contribution in [3.05, 3.63) is 54.9 Å². The quantitative estimate of drug-likeness (QED) is 0.830. The molecule has 0 spiro atoms. The highest BCUT2D eigenvalue weighted by Gasteiger charge is 2.17. The van der Waals surface area contributed by atoms with E-state index in [-0.39, 0.29) is 11.1 Å². The van der Waals surface area contributed by atoms with Crippen LogP contribution >= 0.6 is 38.9 Å². The maximum atomic E-state index is 13.2. The lowest BCUT2D eigenvalue weighted by Crippen LogP contribution is -2.17. The molecule has 2 rings (SSSR count). The Hall–Kier alpha value is -0.420. The molecule has 0 saturated heterocycles. The molecule has 0 aliphatic heterocycles. The summed E-state index contributed by atoms with van der Waals surface area (Å²) < 4.78 is 14.3. The summed E-state index contributed by atoms with van der Waals surface area (Å²) in [5.41, 5.74) is 2.13. The molecular weight excluding hydrogens is 337 g/mol. The summed E-state index contributed by atoms with van der Waals surface area (Å²) in [6.07, 6.45) is 0. The summed E-state index contributed by atoms with van der Waals surface area (Å²) in [7, 11) is 1.88. The number of hydrogen-bond acceptors (Lipinski definition) is 2. The van der Waals surface area contributed by atoms with E-state index in [2.05, 4.69) is 34.2 Å². The molecule has 18 heavy (non-hydrogen) atoms. The summed E-state index contributed by atoms with van der Waals surface area (Å²) in [5.74, 6) is -0.390. The van der Waals surface area contributed by atoms with Gasteiger partial charge in [-0.3, -0.25) is 0 Å². The van der Waals surface area contributed by atoms with Crippen LogP contribution in [0, 0.1) is 12.7 Å². The number of thiophene rings is 1. The number of halogens is 3. The Morgan fingerprint density at radius 2 is 2.11 bits per heavy atom. The fraction of sp³-hybridized carbons (Fsp3) is 0.231. The molecule has 0 radical (unpaired) electrons. The van der Waals surface area contributed by atoms with Gasteiger partial charge in [0.05, 0.1) is 14.9 Å². The maximum absolute atomic E-state index is 13.2. The van der Waals surface area contributed by atoms with Crippen LogP contribution in [-0.4, -0.2) is 7.05 Å². The highest BCUT2D eigenvalue weighted by atomic mass is 79.9. The van der Waals surface area contributed by atoms with Gasteiger partial charge in [0.1, 0.15) is 5.82 Å². The minimum Gasteiger partial charge on any atom is -0.309 e. The Bertz CT molecular complexity index is 570. The molecule has 1 aromatic carbocycles. The molecule has 0 aliphatic rings. The van der Waals surface area contributed by atoms with Crippen molar-refractivity contribution in [2.24, 2.45) is 0 Å². The van der Waals surface area contributed by atoms with Gasteiger partial charge < -0.3 is 5.32 Å². The van der Waals surface area contributed by atoms with E-state index in [1.165, 1.54) is 16.5 Å². The van der Waals surface area contributed by atoms with Gasteiger partial charge in [0.25, 0.3) is 0 Å². The van der Waals surface area contributed by atoms with Crippen molar-refractivity contribution in [2.75, 3.05) is 7.05 Å². The van der Waals surface area contributed by atoms with Gasteiger partial charge in [-0.25, -0.2) is 4.39 Å². The fourth-order valence-corrected chi connectivity index (χ4v) is 3.88. The number of rotatable bonds is 3. The van der Waals surface area contributed by atoms with Gasteiger partial charge in [-0.1, -0.05) is 17.7 Å². The lowest BCUT2D eigenvalue weighted by molar-refractivity contribution is 0.624. The summed E-state index contributed by atoms with van der Waals surface area (Å²) >= 11 is 11.0. The van der Waals surface area contributed by atoms with Crippen LogP contribution in [0.2, 0.25) is 5.02 Å². The Balaban J connectivity index is 2.45. The molecule has 0 saturated carbocycles. The van der Waals surface area contributed by atoms with E-state index in [9.17, 15) is 4.39 Å². The molecule has 5 heteroatoms. The van der Waals surface area contributed by atoms with Crippen molar-refractivity contribution >= 4 is 38.9 Å². The lowest BCUT2D eigenvalue weighted by atomic mass is 10.00. The predicted molar refractivity (Wildman–Crippen MR) is 79.1 cm³/mol. The second-order valence-corrected chi connectivity index (χ2v) is 7.00. The van der Waals surface area contributed by atoms with Crippen LogP contribution in [0.25, 0.3) is 0 Å². The van der Waals surface area contributed by atoms with Crippen molar-refractivity contribution in [1.82, 2.24) is 5.32 Å². The molecule has 0 amide bonds. The van der Waals surface area contributed by atoms with Gasteiger partial charge in [0, 0.05) is 4.88 Å². The molecule has 0 aliphatic carbocycles. The zero-order valence-electron chi connectivity index (χ0n) is 9.93. The zero-order chi connectivity index (χ0) is 13.3. The molecular formula is C13H12BrClFNS. The first-order valence-electron chi connectivity index (χ1n) is 5.41. The second-order valence-electron chi connectivity index (χ2n) is 3.96. The van der Waals surface area contributed by atoms with Crippen molar-refractivity contribution < 1.29 is 4.39 Å². The van der Waals surface area contributed by atoms with E-state index in [0.717, 1.165) is 9.35 Å². The van der Waals surface area contributed by atoms with Crippen molar-refractivity contribution in [3.8, 4) is 0 Å². The third-order valence-corrected chi connectivity index (χ3v) is 4.66. The second kappa shape index (κ2) is 5.70. The third kappa shape index (κ3) is 2.77. The van der Waals surface area contributed by atoms with E-state index >= 15 is 0 Å². The van der Waals surface area contributed by atoms with Crippen LogP contribution in [0.4, 0.5) is 4.39 Å². The van der Waals surface area contributed by atoms with Crippen LogP contribution < -0.4 is 5.32 Å². The Kier molecular flexibility index (Phi) is 4.43. The molecule has 0 fully saturated rings. The topological polar surface area (TPSA) is 12.0 Å². The van der Waals surface area contributed by atoms with E-state index in [4.69, 9.17) is 11.6 Å². The SMILES string of the molecule is CNC(c1ccc(F)c(Cl)c1)c1cc(Br)sc1C. The van der Waals surface area contributed by atoms with E-state index in [1.54, 1.807) is 23.5 Å². The van der Waals surface area contributed by atoms with Gasteiger partial charge in [-0.2, -0.15) is 0 Å². The van der Waals surface area contributed by atoms with Gasteiger partial charge in [-0.05, 0) is 59.2 Å². The summed E-state index contributed by atoms with van der Waals surface area (Å²) in [4.78, 5) is 1.22. The Morgan fingerprint density at radius 3 is 2.61 bits per heavy atom. The van der Waals surface area contributed by atoms with Crippen LogP contribution in [0.1, 0.15) is 22.0 Å². The zero-order valence-corrected chi connectivity index (χ0v) is 13.1. The first kappa shape index (κ1) is 14.0. The highest BCUT2D eigenvalue weighted by Crippen LogP contribution is 2.34. The average molecular weight is 349 g/mol. The first-order chi connectivity index (χ1) is 8.52. The van der Waals surface area contributed by atoms with Gasteiger partial charge >= 0.3 is 0 Å². The number of aryl methyl sites for hydroxylation is 1. The number of benzene rings is 1. The molecule has 1 nitrogen and oxygen atoms in total. The van der Waals surface area contributed by atoms with E-state index < -0.39 is 5.82 Å². The number of hydrogen-bond donors (Lipinski definition) is 1. The van der Waals surface area contributed by atoms with Crippen LogP contribution in [0.5, 0.6) is 0 Å². The number of nitrogens with one attached hydrogen (secondary N) is 1. The summed E-state index contributed by atoms with van der Waals surface area (Å²) in [5, 5.41) is 3.39. The fourth-order valence-electron chi connectivity index (χ4n) is 1.94. The largest absolute Gasteiger partial charge is 0.309 e. The normalized spacial score (nSPS) is 12.7. The molecule has 1 atom stereocenters. The maximum Gasteiger partial charge on any atom is 0.141 e. The van der Waals surface area contributed by atoms with Crippen LogP contribution in [-0.2, 0) is 0 Å². The minimum atomic E-state index is -0.390. The monoisotopic (exact) mass is 347 g/mol. The first-order valence-corrected chi connectivity index (χ1v) is 7.39. The summed E-state index contributed by atoms with van der Waals surface area (Å²) in [6.45, 7) is 2.07. The molecule has 0 bridgehead atoms. The lowest BCUT2D eigenvalue weighted by Gasteiger charge is -2.17. The molecule has 96 valence electrons. The predicted octanol–water partition coefficient (Wildman–Crippen LogP) is 4.92. The molecule has 2 aromatic rings. The van der Waals surface area contributed by atoms with Gasteiger partial charge in [0.2, 0.25) is 0 Å². The smallest absolute Gasteiger partial charge is 0.141 e. The van der Waals surface area contributed by atoms with Crippen molar-refractivity contribution in [1.29, 1.82) is 0 Å². The van der Waals surface area contributed by atoms with Gasteiger partial charge in [0.15, 0.2) is 0 Å². The van der Waals surface area contributed by atoms with Crippen molar-refractivity contribution in [2.45, 2.75) is 13.0 Å². The van der Waals surface area contributed by atoms with Crippen molar-refractivity contribution in [3.63, 3.8) is 0 Å². The van der Waals surface area contributed by atoms with Crippen LogP contribution in [0.3, 0.4) is 0 Å². The standard InChI is InChI=1S/C13H12BrClFNS/c1-7-9(6-12(14)18-7)13(17-2)8-3-4-11(16)10(15)5-8/h3-6,13,17H,1-2H3. The molecule has 1 aromatic heterocycles. The highest BCUT2D eigenvalue weighted by molar-refractivity contribution is 9.11. The Morgan fingerprint density at radius 1 is 1.39 bits per heavy atom. The average Bonchev–Trinajstić information content (AvgIpc) is 2.64.